The zero-order valence-electron chi connectivity index (χ0n) is 8.51. The summed E-state index contributed by atoms with van der Waals surface area (Å²) in [5.41, 5.74) is -0.292. The van der Waals surface area contributed by atoms with Gasteiger partial charge in [-0.05, 0) is 19.0 Å². The second-order valence-corrected chi connectivity index (χ2v) is 3.89. The van der Waals surface area contributed by atoms with E-state index < -0.39 is 5.60 Å². The normalized spacial score (nSPS) is 25.1. The molecule has 1 fully saturated rings. The lowest BCUT2D eigenvalue weighted by atomic mass is 10.0. The summed E-state index contributed by atoms with van der Waals surface area (Å²) in [6, 6.07) is 1.74. The predicted octanol–water partition coefficient (Wildman–Crippen LogP) is 0.510. The molecular formula is C10H11N3O3. The van der Waals surface area contributed by atoms with Gasteiger partial charge in [0, 0.05) is 6.54 Å². The smallest absolute Gasteiger partial charge is 0.260 e. The van der Waals surface area contributed by atoms with Crippen LogP contribution in [0.15, 0.2) is 27.5 Å². The lowest BCUT2D eigenvalue weighted by molar-refractivity contribution is 0.0243. The molecule has 3 rings (SSSR count). The van der Waals surface area contributed by atoms with E-state index in [9.17, 15) is 5.11 Å². The fraction of sp³-hybridized carbons (Fsp3) is 0.400. The van der Waals surface area contributed by atoms with E-state index in [0.29, 0.717) is 18.8 Å². The molecule has 6 nitrogen and oxygen atoms in total. The molecule has 1 atom stereocenters. The van der Waals surface area contributed by atoms with E-state index in [1.807, 2.05) is 0 Å². The third kappa shape index (κ3) is 1.43. The predicted molar refractivity (Wildman–Crippen MR) is 53.4 cm³/mol. The Hall–Kier alpha value is -1.66. The van der Waals surface area contributed by atoms with Crippen molar-refractivity contribution in [1.29, 1.82) is 0 Å². The summed E-state index contributed by atoms with van der Waals surface area (Å²) in [6.07, 6.45) is 3.66. The summed E-state index contributed by atoms with van der Waals surface area (Å²) in [4.78, 5) is 4.18. The first-order chi connectivity index (χ1) is 7.78. The Labute approximate surface area is 91.3 Å². The Morgan fingerprint density at radius 3 is 3.12 bits per heavy atom. The maximum Gasteiger partial charge on any atom is 0.260 e. The van der Waals surface area contributed by atoms with E-state index in [1.165, 1.54) is 12.5 Å². The maximum absolute atomic E-state index is 10.2. The van der Waals surface area contributed by atoms with Gasteiger partial charge >= 0.3 is 0 Å². The van der Waals surface area contributed by atoms with Crippen LogP contribution >= 0.6 is 0 Å². The number of nitrogens with one attached hydrogen (secondary N) is 1. The topological polar surface area (TPSA) is 84.3 Å². The van der Waals surface area contributed by atoms with Crippen molar-refractivity contribution in [3.05, 3.63) is 24.5 Å². The van der Waals surface area contributed by atoms with Gasteiger partial charge < -0.3 is 19.4 Å². The van der Waals surface area contributed by atoms with Gasteiger partial charge in [0.15, 0.2) is 5.60 Å². The second kappa shape index (κ2) is 3.43. The van der Waals surface area contributed by atoms with Crippen LogP contribution in [-0.4, -0.2) is 28.3 Å². The van der Waals surface area contributed by atoms with Gasteiger partial charge in [-0.25, -0.2) is 0 Å². The zero-order chi connectivity index (χ0) is 11.0. The number of rotatable bonds is 2. The quantitative estimate of drug-likeness (QED) is 0.768. The molecule has 0 saturated carbocycles. The first-order valence-electron chi connectivity index (χ1n) is 5.08. The number of aromatic nitrogens is 2. The minimum Gasteiger partial charge on any atom is -0.472 e. The van der Waals surface area contributed by atoms with Gasteiger partial charge in [-0.15, -0.1) is 0 Å². The largest absolute Gasteiger partial charge is 0.472 e. The molecule has 6 heteroatoms. The minimum atomic E-state index is -1.03. The van der Waals surface area contributed by atoms with Gasteiger partial charge in [-0.1, -0.05) is 5.16 Å². The first kappa shape index (κ1) is 9.56. The number of aliphatic hydroxyl groups is 1. The third-order valence-electron chi connectivity index (χ3n) is 2.74. The van der Waals surface area contributed by atoms with Crippen LogP contribution in [0.25, 0.3) is 11.4 Å². The van der Waals surface area contributed by atoms with Gasteiger partial charge in [-0.3, -0.25) is 0 Å². The third-order valence-corrected chi connectivity index (χ3v) is 2.74. The Morgan fingerprint density at radius 1 is 1.50 bits per heavy atom. The monoisotopic (exact) mass is 221 g/mol. The number of hydrogen-bond donors (Lipinski definition) is 2. The molecule has 0 amide bonds. The highest BCUT2D eigenvalue weighted by Crippen LogP contribution is 2.27. The van der Waals surface area contributed by atoms with Gasteiger partial charge in [0.2, 0.25) is 5.82 Å². The molecule has 1 saturated heterocycles. The lowest BCUT2D eigenvalue weighted by Gasteiger charge is -2.14. The molecule has 2 N–H and O–H groups in total. The number of hydrogen-bond acceptors (Lipinski definition) is 6. The van der Waals surface area contributed by atoms with Crippen LogP contribution < -0.4 is 5.32 Å². The summed E-state index contributed by atoms with van der Waals surface area (Å²) in [5.74, 6) is 0.692. The zero-order valence-corrected chi connectivity index (χ0v) is 8.51. The fourth-order valence-corrected chi connectivity index (χ4v) is 1.78. The van der Waals surface area contributed by atoms with Crippen molar-refractivity contribution in [1.82, 2.24) is 15.5 Å². The number of nitrogens with zero attached hydrogens (tertiary/aromatic N) is 2. The molecule has 84 valence electrons. The SMILES string of the molecule is OC1(c2nc(-c3ccoc3)no2)CCNC1. The summed E-state index contributed by atoms with van der Waals surface area (Å²) in [6.45, 7) is 1.19. The van der Waals surface area contributed by atoms with Crippen molar-refractivity contribution in [2.75, 3.05) is 13.1 Å². The van der Waals surface area contributed by atoms with E-state index in [1.54, 1.807) is 6.07 Å². The molecule has 16 heavy (non-hydrogen) atoms. The van der Waals surface area contributed by atoms with Crippen molar-refractivity contribution < 1.29 is 14.0 Å². The van der Waals surface area contributed by atoms with Crippen molar-refractivity contribution in [2.45, 2.75) is 12.0 Å². The van der Waals surface area contributed by atoms with Gasteiger partial charge in [0.05, 0.1) is 11.8 Å². The highest BCUT2D eigenvalue weighted by atomic mass is 16.5. The molecule has 1 unspecified atom stereocenters. The van der Waals surface area contributed by atoms with Crippen LogP contribution in [0.5, 0.6) is 0 Å². The summed E-state index contributed by atoms with van der Waals surface area (Å²) >= 11 is 0. The second-order valence-electron chi connectivity index (χ2n) is 3.89. The van der Waals surface area contributed by atoms with Crippen molar-refractivity contribution in [3.63, 3.8) is 0 Å². The van der Waals surface area contributed by atoms with E-state index in [-0.39, 0.29) is 5.89 Å². The summed E-state index contributed by atoms with van der Waals surface area (Å²) in [7, 11) is 0. The highest BCUT2D eigenvalue weighted by molar-refractivity contribution is 5.51. The summed E-state index contributed by atoms with van der Waals surface area (Å²) in [5, 5.41) is 17.1. The van der Waals surface area contributed by atoms with Crippen LogP contribution in [0.2, 0.25) is 0 Å². The molecule has 1 aliphatic rings. The van der Waals surface area contributed by atoms with E-state index >= 15 is 0 Å². The Kier molecular flexibility index (Phi) is 2.05. The molecule has 3 heterocycles. The van der Waals surface area contributed by atoms with Crippen molar-refractivity contribution in [3.8, 4) is 11.4 Å². The average Bonchev–Trinajstić information content (AvgIpc) is 2.98. The molecular weight excluding hydrogens is 210 g/mol. The van der Waals surface area contributed by atoms with E-state index in [4.69, 9.17) is 8.94 Å². The Balaban J connectivity index is 1.93. The van der Waals surface area contributed by atoms with Crippen LogP contribution in [0.3, 0.4) is 0 Å². The van der Waals surface area contributed by atoms with Crippen LogP contribution in [0.1, 0.15) is 12.3 Å². The molecule has 0 spiro atoms. The van der Waals surface area contributed by atoms with E-state index in [2.05, 4.69) is 15.5 Å². The van der Waals surface area contributed by atoms with Crippen molar-refractivity contribution >= 4 is 0 Å². The minimum absolute atomic E-state index is 0.258. The highest BCUT2D eigenvalue weighted by Gasteiger charge is 2.38. The molecule has 2 aromatic heterocycles. The lowest BCUT2D eigenvalue weighted by Crippen LogP contribution is -2.28. The standard InChI is InChI=1S/C10H11N3O3/c14-10(2-3-11-6-10)9-12-8(13-16-9)7-1-4-15-5-7/h1,4-5,11,14H,2-3,6H2. The number of β-amino-alcohol motifs (C(OH)–C–C–N with tert-alkyl or cyclic N) is 1. The van der Waals surface area contributed by atoms with Gasteiger partial charge in [-0.2, -0.15) is 4.98 Å². The molecule has 0 radical (unpaired) electrons. The van der Waals surface area contributed by atoms with E-state index in [0.717, 1.165) is 12.1 Å². The molecule has 1 aliphatic heterocycles. The number of furan rings is 1. The fourth-order valence-electron chi connectivity index (χ4n) is 1.78. The molecule has 0 aliphatic carbocycles. The van der Waals surface area contributed by atoms with Crippen LogP contribution in [-0.2, 0) is 5.60 Å². The first-order valence-corrected chi connectivity index (χ1v) is 5.08. The molecule has 0 bridgehead atoms. The van der Waals surface area contributed by atoms with Gasteiger partial charge in [0.1, 0.15) is 6.26 Å². The average molecular weight is 221 g/mol. The van der Waals surface area contributed by atoms with Crippen LogP contribution in [0.4, 0.5) is 0 Å². The van der Waals surface area contributed by atoms with Crippen molar-refractivity contribution in [2.24, 2.45) is 0 Å². The molecule has 2 aromatic rings. The van der Waals surface area contributed by atoms with Gasteiger partial charge in [0.25, 0.3) is 5.89 Å². The summed E-state index contributed by atoms with van der Waals surface area (Å²) < 4.78 is 10.0. The maximum atomic E-state index is 10.2. The molecule has 0 aromatic carbocycles. The Bertz CT molecular complexity index is 471. The van der Waals surface area contributed by atoms with Crippen LogP contribution in [0, 0.1) is 0 Å². The Morgan fingerprint density at radius 2 is 2.44 bits per heavy atom.